The monoisotopic (exact) mass is 242 g/mol. The smallest absolute Gasteiger partial charge is 0.115 e. The molecule has 2 N–H and O–H groups in total. The topological polar surface area (TPSA) is 35.5 Å². The van der Waals surface area contributed by atoms with Crippen molar-refractivity contribution < 1.29 is 5.11 Å². The average molecular weight is 242 g/mol. The number of aromatic hydroxyl groups is 1. The van der Waals surface area contributed by atoms with Gasteiger partial charge in [-0.05, 0) is 29.8 Å². The summed E-state index contributed by atoms with van der Waals surface area (Å²) in [5.74, 6) is 0.301. The van der Waals surface area contributed by atoms with Gasteiger partial charge >= 0.3 is 0 Å². The highest BCUT2D eigenvalue weighted by Crippen LogP contribution is 2.24. The Morgan fingerprint density at radius 1 is 1.06 bits per heavy atom. The summed E-state index contributed by atoms with van der Waals surface area (Å²) in [5, 5.41) is 12.8. The molecule has 2 aromatic carbocycles. The van der Waals surface area contributed by atoms with E-state index in [4.69, 9.17) is 0 Å². The second-order valence-electron chi connectivity index (χ2n) is 4.44. The number of phenolic OH excluding ortho intramolecular Hbond substituents is 1. The van der Waals surface area contributed by atoms with Gasteiger partial charge < -0.3 is 15.3 Å². The van der Waals surface area contributed by atoms with Gasteiger partial charge in [0, 0.05) is 20.6 Å². The van der Waals surface area contributed by atoms with Crippen LogP contribution >= 0.6 is 0 Å². The van der Waals surface area contributed by atoms with Gasteiger partial charge in [0.2, 0.25) is 0 Å². The zero-order chi connectivity index (χ0) is 13.0. The van der Waals surface area contributed by atoms with Gasteiger partial charge in [-0.25, -0.2) is 0 Å². The van der Waals surface area contributed by atoms with Crippen LogP contribution in [-0.4, -0.2) is 19.2 Å². The van der Waals surface area contributed by atoms with Crippen molar-refractivity contribution in [2.24, 2.45) is 0 Å². The number of phenols is 1. The molecule has 0 spiro atoms. The summed E-state index contributed by atoms with van der Waals surface area (Å²) in [7, 11) is 4.05. The van der Waals surface area contributed by atoms with E-state index in [1.54, 1.807) is 12.1 Å². The Kier molecular flexibility index (Phi) is 3.72. The minimum absolute atomic E-state index is 0.301. The predicted octanol–water partition coefficient (Wildman–Crippen LogP) is 3.07. The van der Waals surface area contributed by atoms with Gasteiger partial charge in [-0.2, -0.15) is 0 Å². The molecule has 0 aromatic heterocycles. The lowest BCUT2D eigenvalue weighted by Gasteiger charge is -2.18. The average Bonchev–Trinajstić information content (AvgIpc) is 2.37. The Labute approximate surface area is 108 Å². The van der Waals surface area contributed by atoms with Gasteiger partial charge in [-0.1, -0.05) is 24.3 Å². The first kappa shape index (κ1) is 12.3. The maximum atomic E-state index is 9.42. The van der Waals surface area contributed by atoms with Crippen molar-refractivity contribution in [3.63, 3.8) is 0 Å². The molecule has 3 nitrogen and oxygen atoms in total. The summed E-state index contributed by atoms with van der Waals surface area (Å²) in [5.41, 5.74) is 3.30. The fraction of sp³-hybridized carbons (Fsp3) is 0.200. The van der Waals surface area contributed by atoms with Crippen LogP contribution in [0.4, 0.5) is 11.4 Å². The summed E-state index contributed by atoms with van der Waals surface area (Å²) in [6.07, 6.45) is 0. The predicted molar refractivity (Wildman–Crippen MR) is 76.2 cm³/mol. The number of nitrogens with zero attached hydrogens (tertiary/aromatic N) is 1. The van der Waals surface area contributed by atoms with Gasteiger partial charge in [0.15, 0.2) is 0 Å². The van der Waals surface area contributed by atoms with Crippen molar-refractivity contribution in [3.05, 3.63) is 54.1 Å². The van der Waals surface area contributed by atoms with Crippen LogP contribution < -0.4 is 10.2 Å². The lowest BCUT2D eigenvalue weighted by atomic mass is 10.2. The molecule has 2 rings (SSSR count). The molecule has 94 valence electrons. The van der Waals surface area contributed by atoms with Crippen molar-refractivity contribution in [2.45, 2.75) is 6.54 Å². The van der Waals surface area contributed by atoms with Crippen LogP contribution in [0.3, 0.4) is 0 Å². The van der Waals surface area contributed by atoms with E-state index in [2.05, 4.69) is 22.3 Å². The first-order valence-electron chi connectivity index (χ1n) is 5.95. The highest BCUT2D eigenvalue weighted by molar-refractivity contribution is 5.69. The Bertz CT molecular complexity index is 523. The zero-order valence-corrected chi connectivity index (χ0v) is 10.7. The number of nitrogens with one attached hydrogen (secondary N) is 1. The molecule has 0 amide bonds. The van der Waals surface area contributed by atoms with Crippen molar-refractivity contribution >= 4 is 11.4 Å². The molecule has 0 aliphatic carbocycles. The van der Waals surface area contributed by atoms with Crippen LogP contribution in [0.1, 0.15) is 5.56 Å². The van der Waals surface area contributed by atoms with Crippen LogP contribution in [0.25, 0.3) is 0 Å². The maximum absolute atomic E-state index is 9.42. The summed E-state index contributed by atoms with van der Waals surface area (Å²) in [6, 6.07) is 15.5. The van der Waals surface area contributed by atoms with Gasteiger partial charge in [-0.15, -0.1) is 0 Å². The quantitative estimate of drug-likeness (QED) is 0.865. The van der Waals surface area contributed by atoms with E-state index >= 15 is 0 Å². The molecule has 18 heavy (non-hydrogen) atoms. The Balaban J connectivity index is 2.11. The van der Waals surface area contributed by atoms with Crippen LogP contribution in [-0.2, 0) is 6.54 Å². The molecule has 2 aromatic rings. The SMILES string of the molecule is CN(C)c1ccccc1NCc1cccc(O)c1. The minimum Gasteiger partial charge on any atom is -0.508 e. The van der Waals surface area contributed by atoms with Gasteiger partial charge in [-0.3, -0.25) is 0 Å². The largest absolute Gasteiger partial charge is 0.508 e. The lowest BCUT2D eigenvalue weighted by molar-refractivity contribution is 0.474. The van der Waals surface area contributed by atoms with E-state index in [9.17, 15) is 5.11 Å². The molecule has 3 heteroatoms. The highest BCUT2D eigenvalue weighted by Gasteiger charge is 2.03. The number of para-hydroxylation sites is 2. The molecule has 0 aliphatic heterocycles. The molecule has 0 radical (unpaired) electrons. The van der Waals surface area contributed by atoms with Gasteiger partial charge in [0.25, 0.3) is 0 Å². The van der Waals surface area contributed by atoms with Gasteiger partial charge in [0.1, 0.15) is 5.75 Å². The number of anilines is 2. The fourth-order valence-electron chi connectivity index (χ4n) is 1.88. The Morgan fingerprint density at radius 3 is 2.56 bits per heavy atom. The van der Waals surface area contributed by atoms with E-state index in [0.29, 0.717) is 12.3 Å². The molecule has 0 aliphatic rings. The highest BCUT2D eigenvalue weighted by atomic mass is 16.3. The molecule has 0 unspecified atom stereocenters. The van der Waals surface area contributed by atoms with E-state index in [0.717, 1.165) is 16.9 Å². The van der Waals surface area contributed by atoms with Crippen LogP contribution in [0, 0.1) is 0 Å². The molecule has 0 atom stereocenters. The number of rotatable bonds is 4. The zero-order valence-electron chi connectivity index (χ0n) is 10.7. The fourth-order valence-corrected chi connectivity index (χ4v) is 1.88. The Morgan fingerprint density at radius 2 is 1.83 bits per heavy atom. The minimum atomic E-state index is 0.301. The lowest BCUT2D eigenvalue weighted by Crippen LogP contribution is -2.12. The third-order valence-corrected chi connectivity index (χ3v) is 2.78. The molecular weight excluding hydrogens is 224 g/mol. The van der Waals surface area contributed by atoms with E-state index < -0.39 is 0 Å². The molecule has 0 saturated heterocycles. The second kappa shape index (κ2) is 5.45. The molecule has 0 heterocycles. The first-order valence-corrected chi connectivity index (χ1v) is 5.95. The van der Waals surface area contributed by atoms with Crippen molar-refractivity contribution in [1.82, 2.24) is 0 Å². The number of hydrogen-bond acceptors (Lipinski definition) is 3. The first-order chi connectivity index (χ1) is 8.66. The van der Waals surface area contributed by atoms with E-state index in [1.807, 2.05) is 38.4 Å². The summed E-state index contributed by atoms with van der Waals surface area (Å²) >= 11 is 0. The molecule has 0 fully saturated rings. The number of hydrogen-bond donors (Lipinski definition) is 2. The molecular formula is C15H18N2O. The number of benzene rings is 2. The maximum Gasteiger partial charge on any atom is 0.115 e. The van der Waals surface area contributed by atoms with Gasteiger partial charge in [0.05, 0.1) is 11.4 Å². The summed E-state index contributed by atoms with van der Waals surface area (Å²) < 4.78 is 0. The van der Waals surface area contributed by atoms with Crippen molar-refractivity contribution in [1.29, 1.82) is 0 Å². The normalized spacial score (nSPS) is 10.1. The third kappa shape index (κ3) is 2.94. The summed E-state index contributed by atoms with van der Waals surface area (Å²) in [4.78, 5) is 2.07. The van der Waals surface area contributed by atoms with Crippen molar-refractivity contribution in [2.75, 3.05) is 24.3 Å². The van der Waals surface area contributed by atoms with Crippen molar-refractivity contribution in [3.8, 4) is 5.75 Å². The van der Waals surface area contributed by atoms with E-state index in [-0.39, 0.29) is 0 Å². The van der Waals surface area contributed by atoms with Crippen LogP contribution in [0.2, 0.25) is 0 Å². The van der Waals surface area contributed by atoms with E-state index in [1.165, 1.54) is 0 Å². The standard InChI is InChI=1S/C15H18N2O/c1-17(2)15-9-4-3-8-14(15)16-11-12-6-5-7-13(18)10-12/h3-10,16,18H,11H2,1-2H3. The molecule has 0 bridgehead atoms. The van der Waals surface area contributed by atoms with Crippen LogP contribution in [0.15, 0.2) is 48.5 Å². The Hall–Kier alpha value is -2.16. The van der Waals surface area contributed by atoms with Crippen LogP contribution in [0.5, 0.6) is 5.75 Å². The summed E-state index contributed by atoms with van der Waals surface area (Å²) in [6.45, 7) is 0.694. The molecule has 0 saturated carbocycles. The third-order valence-electron chi connectivity index (χ3n) is 2.78. The second-order valence-corrected chi connectivity index (χ2v) is 4.44.